The van der Waals surface area contributed by atoms with Crippen LogP contribution in [0.1, 0.15) is 40.0 Å². The molecule has 0 spiro atoms. The van der Waals surface area contributed by atoms with Crippen molar-refractivity contribution in [2.45, 2.75) is 46.1 Å². The second-order valence-corrected chi connectivity index (χ2v) is 4.10. The summed E-state index contributed by atoms with van der Waals surface area (Å²) >= 11 is 3.84. The van der Waals surface area contributed by atoms with E-state index in [2.05, 4.69) is 26.5 Å². The molecule has 0 bridgehead atoms. The maximum absolute atomic E-state index is 10.8. The van der Waals surface area contributed by atoms with Crippen LogP contribution in [0.15, 0.2) is 0 Å². The summed E-state index contributed by atoms with van der Waals surface area (Å²) in [6, 6.07) is 0. The summed E-state index contributed by atoms with van der Waals surface area (Å²) in [6.45, 7) is 6.33. The molecular weight excluding hydrogens is 184 g/mol. The Labute approximate surface area is 86.5 Å². The smallest absolute Gasteiger partial charge is 0.315 e. The second kappa shape index (κ2) is 7.25. The average Bonchev–Trinajstić information content (AvgIpc) is 2.03. The molecule has 78 valence electrons. The first-order valence-electron chi connectivity index (χ1n) is 4.86. The molecule has 0 N–H and O–H groups in total. The first-order chi connectivity index (χ1) is 6.06. The van der Waals surface area contributed by atoms with Crippen LogP contribution in [0, 0.1) is 5.92 Å². The second-order valence-electron chi connectivity index (χ2n) is 3.78. The van der Waals surface area contributed by atoms with Gasteiger partial charge in [0.05, 0.1) is 11.9 Å². The van der Waals surface area contributed by atoms with Crippen molar-refractivity contribution in [1.29, 1.82) is 0 Å². The van der Waals surface area contributed by atoms with Gasteiger partial charge in [-0.15, -0.1) is 0 Å². The number of ether oxygens (including phenoxy) is 1. The van der Waals surface area contributed by atoms with Gasteiger partial charge in [-0.2, -0.15) is 12.6 Å². The number of hydrogen-bond acceptors (Lipinski definition) is 3. The van der Waals surface area contributed by atoms with E-state index in [9.17, 15) is 4.79 Å². The van der Waals surface area contributed by atoms with Gasteiger partial charge in [-0.25, -0.2) is 0 Å². The van der Waals surface area contributed by atoms with Crippen LogP contribution in [0.4, 0.5) is 0 Å². The Morgan fingerprint density at radius 1 is 1.31 bits per heavy atom. The van der Waals surface area contributed by atoms with Crippen LogP contribution in [0.5, 0.6) is 0 Å². The number of carbonyl (C=O) groups excluding carboxylic acids is 1. The maximum Gasteiger partial charge on any atom is 0.315 e. The van der Waals surface area contributed by atoms with Crippen LogP contribution in [-0.2, 0) is 9.53 Å². The zero-order chi connectivity index (χ0) is 10.3. The van der Waals surface area contributed by atoms with Crippen molar-refractivity contribution in [2.75, 3.05) is 5.75 Å². The molecule has 0 saturated heterocycles. The van der Waals surface area contributed by atoms with Gasteiger partial charge in [0.1, 0.15) is 0 Å². The normalized spacial score (nSPS) is 13.0. The minimum Gasteiger partial charge on any atom is -0.462 e. The van der Waals surface area contributed by atoms with Crippen molar-refractivity contribution < 1.29 is 9.53 Å². The van der Waals surface area contributed by atoms with E-state index in [1.165, 1.54) is 6.42 Å². The highest BCUT2D eigenvalue weighted by Gasteiger charge is 2.07. The lowest BCUT2D eigenvalue weighted by Gasteiger charge is -2.12. The molecule has 0 aromatic rings. The molecule has 0 aromatic heterocycles. The quantitative estimate of drug-likeness (QED) is 0.532. The summed E-state index contributed by atoms with van der Waals surface area (Å²) in [4.78, 5) is 10.8. The summed E-state index contributed by atoms with van der Waals surface area (Å²) < 4.78 is 5.07. The van der Waals surface area contributed by atoms with E-state index in [1.54, 1.807) is 0 Å². The molecule has 0 aliphatic heterocycles. The van der Waals surface area contributed by atoms with Crippen molar-refractivity contribution in [3.8, 4) is 0 Å². The van der Waals surface area contributed by atoms with E-state index in [-0.39, 0.29) is 17.8 Å². The third kappa shape index (κ3) is 8.16. The number of thiol groups is 1. The summed E-state index contributed by atoms with van der Waals surface area (Å²) in [5.41, 5.74) is 0. The third-order valence-corrected chi connectivity index (χ3v) is 2.11. The largest absolute Gasteiger partial charge is 0.462 e. The fourth-order valence-corrected chi connectivity index (χ4v) is 1.21. The summed E-state index contributed by atoms with van der Waals surface area (Å²) in [7, 11) is 0. The molecule has 3 heteroatoms. The van der Waals surface area contributed by atoms with E-state index in [0.29, 0.717) is 0 Å². The monoisotopic (exact) mass is 204 g/mol. The molecule has 0 radical (unpaired) electrons. The maximum atomic E-state index is 10.8. The van der Waals surface area contributed by atoms with Gasteiger partial charge in [0.25, 0.3) is 0 Å². The first kappa shape index (κ1) is 12.8. The zero-order valence-electron chi connectivity index (χ0n) is 8.75. The van der Waals surface area contributed by atoms with E-state index >= 15 is 0 Å². The zero-order valence-corrected chi connectivity index (χ0v) is 9.64. The Balaban J connectivity index is 3.40. The molecule has 2 nitrogen and oxygen atoms in total. The van der Waals surface area contributed by atoms with Crippen molar-refractivity contribution in [1.82, 2.24) is 0 Å². The molecule has 0 aromatic carbocycles. The predicted octanol–water partition coefficient (Wildman–Crippen LogP) is 2.67. The topological polar surface area (TPSA) is 26.3 Å². The Bertz CT molecular complexity index is 146. The van der Waals surface area contributed by atoms with Crippen molar-refractivity contribution >= 4 is 18.6 Å². The van der Waals surface area contributed by atoms with E-state index in [4.69, 9.17) is 4.74 Å². The highest BCUT2D eigenvalue weighted by atomic mass is 32.1. The van der Waals surface area contributed by atoms with Crippen LogP contribution >= 0.6 is 12.6 Å². The molecule has 0 heterocycles. The Morgan fingerprint density at radius 2 is 1.92 bits per heavy atom. The highest BCUT2D eigenvalue weighted by molar-refractivity contribution is 7.81. The van der Waals surface area contributed by atoms with E-state index in [1.807, 2.05) is 6.92 Å². The highest BCUT2D eigenvalue weighted by Crippen LogP contribution is 2.10. The average molecular weight is 204 g/mol. The molecule has 0 saturated carbocycles. The predicted molar refractivity (Wildman–Crippen MR) is 58.1 cm³/mol. The lowest BCUT2D eigenvalue weighted by Crippen LogP contribution is -2.15. The first-order valence-corrected chi connectivity index (χ1v) is 5.49. The van der Waals surface area contributed by atoms with Crippen LogP contribution in [0.25, 0.3) is 0 Å². The van der Waals surface area contributed by atoms with Crippen molar-refractivity contribution in [3.05, 3.63) is 0 Å². The van der Waals surface area contributed by atoms with Crippen LogP contribution < -0.4 is 0 Å². The Kier molecular flexibility index (Phi) is 7.14. The molecule has 0 fully saturated rings. The van der Waals surface area contributed by atoms with Crippen molar-refractivity contribution in [3.63, 3.8) is 0 Å². The van der Waals surface area contributed by atoms with Gasteiger partial charge in [-0.05, 0) is 25.7 Å². The Hall–Kier alpha value is -0.180. The molecule has 0 amide bonds. The van der Waals surface area contributed by atoms with Gasteiger partial charge in [-0.3, -0.25) is 4.79 Å². The summed E-state index contributed by atoms with van der Waals surface area (Å²) in [5, 5.41) is 0. The minimum absolute atomic E-state index is 0.0402. The van der Waals surface area contributed by atoms with Gasteiger partial charge in [0.15, 0.2) is 0 Å². The summed E-state index contributed by atoms with van der Waals surface area (Å²) in [6.07, 6.45) is 3.32. The summed E-state index contributed by atoms with van der Waals surface area (Å²) in [5.74, 6) is 0.683. The van der Waals surface area contributed by atoms with Crippen LogP contribution in [0.3, 0.4) is 0 Å². The van der Waals surface area contributed by atoms with Crippen molar-refractivity contribution in [2.24, 2.45) is 5.92 Å². The molecule has 1 atom stereocenters. The minimum atomic E-state index is -0.222. The number of hydrogen-bond donors (Lipinski definition) is 1. The van der Waals surface area contributed by atoms with E-state index < -0.39 is 0 Å². The fraction of sp³-hybridized carbons (Fsp3) is 0.900. The number of esters is 1. The van der Waals surface area contributed by atoms with Gasteiger partial charge in [0, 0.05) is 0 Å². The van der Waals surface area contributed by atoms with Gasteiger partial charge in [0.2, 0.25) is 0 Å². The van der Waals surface area contributed by atoms with Crippen LogP contribution in [-0.4, -0.2) is 17.8 Å². The fourth-order valence-electron chi connectivity index (χ4n) is 1.13. The molecule has 0 aliphatic rings. The molecule has 0 rings (SSSR count). The van der Waals surface area contributed by atoms with Gasteiger partial charge in [-0.1, -0.05) is 20.3 Å². The molecule has 0 aliphatic carbocycles. The van der Waals surface area contributed by atoms with Gasteiger partial charge < -0.3 is 4.74 Å². The molecule has 13 heavy (non-hydrogen) atoms. The standard InChI is InChI=1S/C10H20O2S/c1-8(2)5-4-6-9(3)12-10(11)7-13/h8-9,13H,4-7H2,1-3H3. The SMILES string of the molecule is CC(C)CCCC(C)OC(=O)CS. The molecule has 1 unspecified atom stereocenters. The van der Waals surface area contributed by atoms with Gasteiger partial charge >= 0.3 is 5.97 Å². The molecular formula is C10H20O2S. The number of rotatable bonds is 6. The Morgan fingerprint density at radius 3 is 2.38 bits per heavy atom. The van der Waals surface area contributed by atoms with Crippen LogP contribution in [0.2, 0.25) is 0 Å². The lowest BCUT2D eigenvalue weighted by molar-refractivity contribution is -0.145. The lowest BCUT2D eigenvalue weighted by atomic mass is 10.0. The van der Waals surface area contributed by atoms with E-state index in [0.717, 1.165) is 18.8 Å². The third-order valence-electron chi connectivity index (χ3n) is 1.85. The number of carbonyl (C=O) groups is 1.